The van der Waals surface area contributed by atoms with E-state index in [-0.39, 0.29) is 0 Å². The number of methoxy groups -OCH3 is 2. The molecule has 1 aromatic heterocycles. The van der Waals surface area contributed by atoms with Crippen LogP contribution in [0.5, 0.6) is 11.5 Å². The van der Waals surface area contributed by atoms with Gasteiger partial charge in [0.1, 0.15) is 11.5 Å². The van der Waals surface area contributed by atoms with E-state index in [9.17, 15) is 0 Å². The molecule has 0 saturated heterocycles. The minimum absolute atomic E-state index is 0.698. The van der Waals surface area contributed by atoms with Gasteiger partial charge in [-0.3, -0.25) is 4.68 Å². The summed E-state index contributed by atoms with van der Waals surface area (Å²) in [7, 11) is 3.37. The van der Waals surface area contributed by atoms with Crippen LogP contribution < -0.4 is 9.47 Å². The van der Waals surface area contributed by atoms with Crippen molar-refractivity contribution in [2.45, 2.75) is 20.4 Å². The minimum Gasteiger partial charge on any atom is -0.497 e. The van der Waals surface area contributed by atoms with E-state index in [0.29, 0.717) is 6.54 Å². The molecule has 0 saturated carbocycles. The molecular weight excluding hydrogens is 372 g/mol. The summed E-state index contributed by atoms with van der Waals surface area (Å²) in [6.45, 7) is 4.97. The van der Waals surface area contributed by atoms with E-state index < -0.39 is 0 Å². The van der Waals surface area contributed by atoms with Gasteiger partial charge < -0.3 is 9.47 Å². The fourth-order valence-corrected chi connectivity index (χ4v) is 3.61. The van der Waals surface area contributed by atoms with Crippen molar-refractivity contribution in [1.82, 2.24) is 9.78 Å². The van der Waals surface area contributed by atoms with Crippen LogP contribution in [0.15, 0.2) is 72.8 Å². The predicted molar refractivity (Wildman–Crippen MR) is 121 cm³/mol. The molecule has 0 aliphatic rings. The molecule has 4 rings (SSSR count). The number of hydrogen-bond acceptors (Lipinski definition) is 3. The summed E-state index contributed by atoms with van der Waals surface area (Å²) in [6, 6.07) is 24.8. The van der Waals surface area contributed by atoms with Crippen molar-refractivity contribution in [3.8, 4) is 34.0 Å². The molecule has 0 atom stereocenters. The lowest BCUT2D eigenvalue weighted by Gasteiger charge is -2.11. The van der Waals surface area contributed by atoms with Gasteiger partial charge in [-0.25, -0.2) is 0 Å². The lowest BCUT2D eigenvalue weighted by atomic mass is 10.1. The molecule has 3 aromatic carbocycles. The second-order valence-electron chi connectivity index (χ2n) is 7.47. The molecule has 4 heteroatoms. The third kappa shape index (κ3) is 4.08. The van der Waals surface area contributed by atoms with Gasteiger partial charge in [0, 0.05) is 11.1 Å². The van der Waals surface area contributed by atoms with Gasteiger partial charge in [0.05, 0.1) is 32.2 Å². The third-order valence-electron chi connectivity index (χ3n) is 5.34. The van der Waals surface area contributed by atoms with Crippen molar-refractivity contribution in [3.63, 3.8) is 0 Å². The van der Waals surface area contributed by atoms with Gasteiger partial charge in [-0.2, -0.15) is 5.10 Å². The summed E-state index contributed by atoms with van der Waals surface area (Å²) in [5, 5.41) is 4.97. The third-order valence-corrected chi connectivity index (χ3v) is 5.34. The van der Waals surface area contributed by atoms with Crippen molar-refractivity contribution >= 4 is 0 Å². The lowest BCUT2D eigenvalue weighted by Crippen LogP contribution is -2.06. The second kappa shape index (κ2) is 8.46. The topological polar surface area (TPSA) is 36.3 Å². The van der Waals surface area contributed by atoms with E-state index in [1.807, 2.05) is 36.4 Å². The maximum absolute atomic E-state index is 5.44. The summed E-state index contributed by atoms with van der Waals surface area (Å²) in [4.78, 5) is 0. The molecule has 1 heterocycles. The largest absolute Gasteiger partial charge is 0.497 e. The Hall–Kier alpha value is -3.53. The van der Waals surface area contributed by atoms with Crippen molar-refractivity contribution in [2.24, 2.45) is 0 Å². The van der Waals surface area contributed by atoms with E-state index in [4.69, 9.17) is 14.6 Å². The zero-order valence-electron chi connectivity index (χ0n) is 17.8. The molecule has 0 fully saturated rings. The Morgan fingerprint density at radius 3 is 2.13 bits per heavy atom. The zero-order valence-corrected chi connectivity index (χ0v) is 17.8. The average molecular weight is 399 g/mol. The molecule has 0 aliphatic carbocycles. The Balaban J connectivity index is 1.83. The van der Waals surface area contributed by atoms with Gasteiger partial charge in [0.15, 0.2) is 0 Å². The predicted octanol–water partition coefficient (Wildman–Crippen LogP) is 5.90. The van der Waals surface area contributed by atoms with Crippen LogP contribution >= 0.6 is 0 Å². The fraction of sp³-hybridized carbons (Fsp3) is 0.192. The highest BCUT2D eigenvalue weighted by Gasteiger charge is 2.14. The zero-order chi connectivity index (χ0) is 21.1. The van der Waals surface area contributed by atoms with Crippen LogP contribution in [0.25, 0.3) is 22.5 Å². The second-order valence-corrected chi connectivity index (χ2v) is 7.47. The van der Waals surface area contributed by atoms with Crippen molar-refractivity contribution in [3.05, 3.63) is 89.5 Å². The molecule has 0 amide bonds. The van der Waals surface area contributed by atoms with Crippen LogP contribution in [-0.4, -0.2) is 24.0 Å². The summed E-state index contributed by atoms with van der Waals surface area (Å²) in [6.07, 6.45) is 0. The standard InChI is InChI=1S/C26H26N2O2/c1-18-11-12-19(2)22(13-18)17-28-26(21-8-6-10-24(15-21)30-4)16-25(27-28)20-7-5-9-23(14-20)29-3/h5-16H,17H2,1-4H3. The van der Waals surface area contributed by atoms with E-state index in [0.717, 1.165) is 34.0 Å². The van der Waals surface area contributed by atoms with Crippen LogP contribution in [0, 0.1) is 13.8 Å². The molecule has 0 bridgehead atoms. The Bertz CT molecular complexity index is 1180. The highest BCUT2D eigenvalue weighted by Crippen LogP contribution is 2.30. The molecule has 4 nitrogen and oxygen atoms in total. The molecule has 152 valence electrons. The van der Waals surface area contributed by atoms with Crippen LogP contribution in [0.1, 0.15) is 16.7 Å². The van der Waals surface area contributed by atoms with Gasteiger partial charge in [-0.1, -0.05) is 48.0 Å². The minimum atomic E-state index is 0.698. The van der Waals surface area contributed by atoms with Crippen molar-refractivity contribution in [2.75, 3.05) is 14.2 Å². The first-order valence-electron chi connectivity index (χ1n) is 10.00. The van der Waals surface area contributed by atoms with Crippen molar-refractivity contribution < 1.29 is 9.47 Å². The van der Waals surface area contributed by atoms with Crippen LogP contribution in [0.4, 0.5) is 0 Å². The Morgan fingerprint density at radius 1 is 0.767 bits per heavy atom. The summed E-state index contributed by atoms with van der Waals surface area (Å²) < 4.78 is 12.9. The van der Waals surface area contributed by atoms with Gasteiger partial charge in [0.2, 0.25) is 0 Å². The quantitative estimate of drug-likeness (QED) is 0.406. The van der Waals surface area contributed by atoms with Crippen LogP contribution in [-0.2, 0) is 6.54 Å². The SMILES string of the molecule is COc1cccc(-c2cc(-c3cccc(OC)c3)n(Cc3cc(C)ccc3C)n2)c1. The van der Waals surface area contributed by atoms with Gasteiger partial charge in [0.25, 0.3) is 0 Å². The first-order valence-corrected chi connectivity index (χ1v) is 10.00. The molecule has 0 N–H and O–H groups in total. The highest BCUT2D eigenvalue weighted by atomic mass is 16.5. The number of nitrogens with zero attached hydrogens (tertiary/aromatic N) is 2. The lowest BCUT2D eigenvalue weighted by molar-refractivity contribution is 0.415. The maximum atomic E-state index is 5.44. The van der Waals surface area contributed by atoms with Crippen LogP contribution in [0.2, 0.25) is 0 Å². The van der Waals surface area contributed by atoms with Gasteiger partial charge in [-0.05, 0) is 55.3 Å². The molecule has 0 aliphatic heterocycles. The maximum Gasteiger partial charge on any atom is 0.119 e. The molecule has 0 spiro atoms. The molecule has 0 unspecified atom stereocenters. The monoisotopic (exact) mass is 398 g/mol. The number of aryl methyl sites for hydroxylation is 2. The van der Waals surface area contributed by atoms with Gasteiger partial charge in [-0.15, -0.1) is 0 Å². The molecular formula is C26H26N2O2. The fourth-order valence-electron chi connectivity index (χ4n) is 3.61. The number of ether oxygens (including phenoxy) is 2. The number of benzene rings is 3. The van der Waals surface area contributed by atoms with E-state index in [1.165, 1.54) is 16.7 Å². The van der Waals surface area contributed by atoms with E-state index in [2.05, 4.69) is 54.9 Å². The molecule has 0 radical (unpaired) electrons. The summed E-state index contributed by atoms with van der Waals surface area (Å²) in [5.41, 5.74) is 7.83. The summed E-state index contributed by atoms with van der Waals surface area (Å²) in [5.74, 6) is 1.65. The number of rotatable bonds is 6. The van der Waals surface area contributed by atoms with Crippen LogP contribution in [0.3, 0.4) is 0 Å². The molecule has 30 heavy (non-hydrogen) atoms. The molecule has 4 aromatic rings. The average Bonchev–Trinajstić information content (AvgIpc) is 3.20. The number of hydrogen-bond donors (Lipinski definition) is 0. The Labute approximate surface area is 177 Å². The van der Waals surface area contributed by atoms with E-state index in [1.54, 1.807) is 14.2 Å². The Morgan fingerprint density at radius 2 is 1.43 bits per heavy atom. The van der Waals surface area contributed by atoms with Gasteiger partial charge >= 0.3 is 0 Å². The van der Waals surface area contributed by atoms with Crippen molar-refractivity contribution in [1.29, 1.82) is 0 Å². The summed E-state index contributed by atoms with van der Waals surface area (Å²) >= 11 is 0. The normalized spacial score (nSPS) is 10.8. The van der Waals surface area contributed by atoms with E-state index >= 15 is 0 Å². The Kier molecular flexibility index (Phi) is 5.57. The first-order chi connectivity index (χ1) is 14.6. The first kappa shape index (κ1) is 19.8. The number of aromatic nitrogens is 2. The smallest absolute Gasteiger partial charge is 0.119 e. The highest BCUT2D eigenvalue weighted by molar-refractivity contribution is 5.70.